The van der Waals surface area contributed by atoms with E-state index >= 15 is 0 Å². The maximum absolute atomic E-state index is 13.0. The molecular weight excluding hydrogens is 419 g/mol. The molecule has 1 N–H and O–H groups in total. The fourth-order valence-corrected chi connectivity index (χ4v) is 3.47. The molecule has 0 bridgehead atoms. The van der Waals surface area contributed by atoms with Crippen molar-refractivity contribution in [1.82, 2.24) is 24.9 Å². The molecule has 2 aromatic heterocycles. The van der Waals surface area contributed by atoms with Gasteiger partial charge in [0, 0.05) is 17.8 Å². The molecule has 1 atom stereocenters. The second-order valence-electron chi connectivity index (χ2n) is 6.98. The molecule has 0 aliphatic rings. The molecule has 0 aliphatic carbocycles. The van der Waals surface area contributed by atoms with Crippen LogP contribution in [0.5, 0.6) is 0 Å². The van der Waals surface area contributed by atoms with Gasteiger partial charge in [-0.25, -0.2) is 4.68 Å². The number of aromatic nitrogens is 4. The van der Waals surface area contributed by atoms with Gasteiger partial charge < -0.3 is 5.32 Å². The number of rotatable bonds is 5. The number of aryl methyl sites for hydroxylation is 1. The van der Waals surface area contributed by atoms with Crippen LogP contribution in [0.25, 0.3) is 5.69 Å². The number of nitrogens with one attached hydrogen (secondary N) is 1. The largest absolute Gasteiger partial charge is 0.436 e. The first-order chi connectivity index (χ1) is 14.0. The third-order valence-electron chi connectivity index (χ3n) is 4.97. The van der Waals surface area contributed by atoms with Gasteiger partial charge in [-0.1, -0.05) is 29.8 Å². The van der Waals surface area contributed by atoms with Crippen molar-refractivity contribution in [2.24, 2.45) is 0 Å². The maximum Gasteiger partial charge on any atom is 0.436 e. The molecule has 3 rings (SSSR count). The van der Waals surface area contributed by atoms with Crippen molar-refractivity contribution in [1.29, 1.82) is 0 Å². The molecule has 0 saturated carbocycles. The molecule has 3 aromatic rings. The Morgan fingerprint density at radius 2 is 1.77 bits per heavy atom. The first kappa shape index (κ1) is 21.9. The molecule has 1 aromatic carbocycles. The van der Waals surface area contributed by atoms with Crippen molar-refractivity contribution in [2.45, 2.75) is 46.5 Å². The second-order valence-corrected chi connectivity index (χ2v) is 7.36. The maximum atomic E-state index is 13.0. The molecule has 0 radical (unpaired) electrons. The van der Waals surface area contributed by atoms with E-state index in [-0.39, 0.29) is 12.2 Å². The van der Waals surface area contributed by atoms with Crippen molar-refractivity contribution in [3.63, 3.8) is 0 Å². The zero-order chi connectivity index (χ0) is 22.2. The molecule has 10 heteroatoms. The average molecular weight is 440 g/mol. The van der Waals surface area contributed by atoms with Crippen LogP contribution in [-0.4, -0.2) is 25.5 Å². The Labute approximate surface area is 176 Å². The normalized spacial score (nSPS) is 12.8. The summed E-state index contributed by atoms with van der Waals surface area (Å²) in [7, 11) is 0. The highest BCUT2D eigenvalue weighted by molar-refractivity contribution is 6.32. The fraction of sp³-hybridized carbons (Fsp3) is 0.350. The highest BCUT2D eigenvalue weighted by atomic mass is 35.5. The van der Waals surface area contributed by atoms with E-state index in [4.69, 9.17) is 11.6 Å². The number of nitrogens with zero attached hydrogens (tertiary/aromatic N) is 4. The van der Waals surface area contributed by atoms with Gasteiger partial charge in [0.05, 0.1) is 22.1 Å². The predicted octanol–water partition coefficient (Wildman–Crippen LogP) is 4.54. The van der Waals surface area contributed by atoms with Gasteiger partial charge in [-0.2, -0.15) is 23.4 Å². The lowest BCUT2D eigenvalue weighted by Gasteiger charge is -2.15. The van der Waals surface area contributed by atoms with Crippen molar-refractivity contribution in [3.8, 4) is 5.69 Å². The number of hydrogen-bond donors (Lipinski definition) is 1. The van der Waals surface area contributed by atoms with Crippen molar-refractivity contribution < 1.29 is 18.0 Å². The quantitative estimate of drug-likeness (QED) is 0.634. The highest BCUT2D eigenvalue weighted by Crippen LogP contribution is 2.36. The van der Waals surface area contributed by atoms with Gasteiger partial charge in [0.2, 0.25) is 5.91 Å². The smallest absolute Gasteiger partial charge is 0.350 e. The third-order valence-corrected chi connectivity index (χ3v) is 5.43. The minimum absolute atomic E-state index is 0.0795. The van der Waals surface area contributed by atoms with Gasteiger partial charge in [-0.05, 0) is 39.8 Å². The van der Waals surface area contributed by atoms with Gasteiger partial charge in [-0.15, -0.1) is 0 Å². The number of para-hydroxylation sites is 1. The van der Waals surface area contributed by atoms with Crippen LogP contribution in [0, 0.1) is 20.8 Å². The van der Waals surface area contributed by atoms with E-state index < -0.39 is 28.8 Å². The van der Waals surface area contributed by atoms with Crippen LogP contribution < -0.4 is 5.32 Å². The SMILES string of the molecule is Cc1nn(-c2ccccc2)c(C)c1CNC(=O)C(C)n1nc(C(F)(F)F)c(Cl)c1C. The van der Waals surface area contributed by atoms with Crippen LogP contribution in [0.4, 0.5) is 13.2 Å². The minimum Gasteiger partial charge on any atom is -0.350 e. The Balaban J connectivity index is 1.78. The van der Waals surface area contributed by atoms with Crippen LogP contribution in [0.3, 0.4) is 0 Å². The highest BCUT2D eigenvalue weighted by Gasteiger charge is 2.39. The molecule has 0 aliphatic heterocycles. The van der Waals surface area contributed by atoms with E-state index in [1.165, 1.54) is 13.8 Å². The molecule has 2 heterocycles. The van der Waals surface area contributed by atoms with Crippen LogP contribution in [0.15, 0.2) is 30.3 Å². The summed E-state index contributed by atoms with van der Waals surface area (Å²) >= 11 is 5.78. The number of amides is 1. The van der Waals surface area contributed by atoms with Gasteiger partial charge in [-0.3, -0.25) is 9.48 Å². The molecule has 6 nitrogen and oxygen atoms in total. The molecular formula is C20H21ClF3N5O. The monoisotopic (exact) mass is 439 g/mol. The number of alkyl halides is 3. The van der Waals surface area contributed by atoms with Gasteiger partial charge in [0.1, 0.15) is 6.04 Å². The lowest BCUT2D eigenvalue weighted by atomic mass is 10.2. The topological polar surface area (TPSA) is 64.7 Å². The standard InChI is InChI=1S/C20H21ClF3N5O/c1-11-16(12(2)29(26-11)15-8-6-5-7-9-15)10-25-19(30)14(4)28-13(3)17(21)18(27-28)20(22,23)24/h5-9,14H,10H2,1-4H3,(H,25,30). The first-order valence-electron chi connectivity index (χ1n) is 9.22. The Morgan fingerprint density at radius 1 is 1.13 bits per heavy atom. The Morgan fingerprint density at radius 3 is 2.33 bits per heavy atom. The second kappa shape index (κ2) is 8.14. The fourth-order valence-electron chi connectivity index (χ4n) is 3.24. The van der Waals surface area contributed by atoms with E-state index in [1.54, 1.807) is 4.68 Å². The van der Waals surface area contributed by atoms with E-state index in [1.807, 2.05) is 44.2 Å². The molecule has 160 valence electrons. The van der Waals surface area contributed by atoms with E-state index in [0.717, 1.165) is 27.3 Å². The molecule has 0 saturated heterocycles. The Hall–Kier alpha value is -2.81. The summed E-state index contributed by atoms with van der Waals surface area (Å²) in [6.07, 6.45) is -4.69. The summed E-state index contributed by atoms with van der Waals surface area (Å²) in [5.74, 6) is -0.475. The third kappa shape index (κ3) is 4.07. The Kier molecular flexibility index (Phi) is 5.94. The van der Waals surface area contributed by atoms with Crippen LogP contribution in [0.2, 0.25) is 5.02 Å². The summed E-state index contributed by atoms with van der Waals surface area (Å²) < 4.78 is 41.9. The summed E-state index contributed by atoms with van der Waals surface area (Å²) in [6.45, 7) is 6.79. The lowest BCUT2D eigenvalue weighted by Crippen LogP contribution is -2.32. The minimum atomic E-state index is -4.69. The number of benzene rings is 1. The number of halogens is 4. The van der Waals surface area contributed by atoms with E-state index in [9.17, 15) is 18.0 Å². The molecule has 1 unspecified atom stereocenters. The van der Waals surface area contributed by atoms with Gasteiger partial charge in [0.15, 0.2) is 5.69 Å². The van der Waals surface area contributed by atoms with Crippen molar-refractivity contribution in [2.75, 3.05) is 0 Å². The van der Waals surface area contributed by atoms with Crippen LogP contribution >= 0.6 is 11.6 Å². The molecule has 1 amide bonds. The Bertz CT molecular complexity index is 1070. The first-order valence-corrected chi connectivity index (χ1v) is 9.60. The number of carbonyl (C=O) groups is 1. The molecule has 30 heavy (non-hydrogen) atoms. The van der Waals surface area contributed by atoms with Crippen LogP contribution in [-0.2, 0) is 17.5 Å². The predicted molar refractivity (Wildman–Crippen MR) is 107 cm³/mol. The summed E-state index contributed by atoms with van der Waals surface area (Å²) in [5.41, 5.74) is 2.23. The summed E-state index contributed by atoms with van der Waals surface area (Å²) in [4.78, 5) is 12.6. The summed E-state index contributed by atoms with van der Waals surface area (Å²) in [5, 5.41) is 10.3. The lowest BCUT2D eigenvalue weighted by molar-refractivity contribution is -0.141. The molecule has 0 fully saturated rings. The number of hydrogen-bond acceptors (Lipinski definition) is 3. The van der Waals surface area contributed by atoms with Gasteiger partial charge >= 0.3 is 6.18 Å². The average Bonchev–Trinajstić information content (AvgIpc) is 3.16. The summed E-state index contributed by atoms with van der Waals surface area (Å²) in [6, 6.07) is 8.59. The van der Waals surface area contributed by atoms with Gasteiger partial charge in [0.25, 0.3) is 0 Å². The van der Waals surface area contributed by atoms with Crippen LogP contribution in [0.1, 0.15) is 41.3 Å². The zero-order valence-electron chi connectivity index (χ0n) is 16.9. The van der Waals surface area contributed by atoms with E-state index in [2.05, 4.69) is 15.5 Å². The van der Waals surface area contributed by atoms with Crippen molar-refractivity contribution in [3.05, 3.63) is 63.7 Å². The van der Waals surface area contributed by atoms with Crippen molar-refractivity contribution >= 4 is 17.5 Å². The van der Waals surface area contributed by atoms with E-state index in [0.29, 0.717) is 0 Å². The number of carbonyl (C=O) groups excluding carboxylic acids is 1. The zero-order valence-corrected chi connectivity index (χ0v) is 17.6. The molecule has 0 spiro atoms.